The Morgan fingerprint density at radius 2 is 1.65 bits per heavy atom. The summed E-state index contributed by atoms with van der Waals surface area (Å²) in [5.41, 5.74) is 3.05. The Kier molecular flexibility index (Phi) is 4.94. The van der Waals surface area contributed by atoms with Crippen LogP contribution in [-0.4, -0.2) is 45.2 Å². The molecule has 1 unspecified atom stereocenters. The van der Waals surface area contributed by atoms with Gasteiger partial charge in [-0.05, 0) is 23.8 Å². The van der Waals surface area contributed by atoms with E-state index in [1.165, 1.54) is 0 Å². The fourth-order valence-corrected chi connectivity index (χ4v) is 3.18. The SMILES string of the molecule is CN(C)c1ccc(C(c2ccccc2F)N2CCNCC2)cc1. The molecule has 1 fully saturated rings. The summed E-state index contributed by atoms with van der Waals surface area (Å²) in [6, 6.07) is 15.5. The van der Waals surface area contributed by atoms with Crippen LogP contribution < -0.4 is 10.2 Å². The standard InChI is InChI=1S/C19H24FN3/c1-22(2)16-9-7-15(8-10-16)19(23-13-11-21-12-14-23)17-5-3-4-6-18(17)20/h3-10,19,21H,11-14H2,1-2H3. The molecular formula is C19H24FN3. The van der Waals surface area contributed by atoms with Gasteiger partial charge in [0.15, 0.2) is 0 Å². The highest BCUT2D eigenvalue weighted by Crippen LogP contribution is 2.31. The molecule has 23 heavy (non-hydrogen) atoms. The van der Waals surface area contributed by atoms with Crippen molar-refractivity contribution in [2.75, 3.05) is 45.2 Å². The number of anilines is 1. The third-order valence-electron chi connectivity index (χ3n) is 4.44. The van der Waals surface area contributed by atoms with E-state index >= 15 is 0 Å². The van der Waals surface area contributed by atoms with Crippen LogP contribution in [0.15, 0.2) is 48.5 Å². The zero-order chi connectivity index (χ0) is 16.2. The Hall–Kier alpha value is -1.91. The number of nitrogens with zero attached hydrogens (tertiary/aromatic N) is 2. The Labute approximate surface area is 137 Å². The molecule has 0 aliphatic carbocycles. The van der Waals surface area contributed by atoms with Crippen molar-refractivity contribution in [2.24, 2.45) is 0 Å². The lowest BCUT2D eigenvalue weighted by Gasteiger charge is -2.35. The average molecular weight is 313 g/mol. The summed E-state index contributed by atoms with van der Waals surface area (Å²) < 4.78 is 14.4. The van der Waals surface area contributed by atoms with Crippen molar-refractivity contribution >= 4 is 5.69 Å². The Morgan fingerprint density at radius 3 is 2.26 bits per heavy atom. The highest BCUT2D eigenvalue weighted by Gasteiger charge is 2.26. The molecule has 1 aliphatic rings. The summed E-state index contributed by atoms with van der Waals surface area (Å²) in [4.78, 5) is 4.44. The fraction of sp³-hybridized carbons (Fsp3) is 0.368. The maximum absolute atomic E-state index is 14.4. The van der Waals surface area contributed by atoms with Crippen LogP contribution in [0.5, 0.6) is 0 Å². The minimum absolute atomic E-state index is 0.0329. The average Bonchev–Trinajstić information content (AvgIpc) is 2.58. The van der Waals surface area contributed by atoms with Crippen LogP contribution in [0.4, 0.5) is 10.1 Å². The summed E-state index contributed by atoms with van der Waals surface area (Å²) in [6.07, 6.45) is 0. The lowest BCUT2D eigenvalue weighted by Crippen LogP contribution is -2.45. The summed E-state index contributed by atoms with van der Waals surface area (Å²) in [6.45, 7) is 3.74. The van der Waals surface area contributed by atoms with Crippen LogP contribution in [0.3, 0.4) is 0 Å². The molecule has 0 amide bonds. The molecule has 3 nitrogen and oxygen atoms in total. The number of benzene rings is 2. The van der Waals surface area contributed by atoms with Crippen LogP contribution in [0.1, 0.15) is 17.2 Å². The van der Waals surface area contributed by atoms with Crippen molar-refractivity contribution in [3.8, 4) is 0 Å². The van der Waals surface area contributed by atoms with Crippen LogP contribution in [0.25, 0.3) is 0 Å². The summed E-state index contributed by atoms with van der Waals surface area (Å²) in [5.74, 6) is -0.132. The van der Waals surface area contributed by atoms with Gasteiger partial charge in [-0.2, -0.15) is 0 Å². The van der Waals surface area contributed by atoms with Gasteiger partial charge in [0.25, 0.3) is 0 Å². The lowest BCUT2D eigenvalue weighted by molar-refractivity contribution is 0.195. The number of hydrogen-bond acceptors (Lipinski definition) is 3. The fourth-order valence-electron chi connectivity index (χ4n) is 3.18. The van der Waals surface area contributed by atoms with E-state index in [-0.39, 0.29) is 11.9 Å². The van der Waals surface area contributed by atoms with Crippen molar-refractivity contribution in [3.05, 3.63) is 65.5 Å². The van der Waals surface area contributed by atoms with Gasteiger partial charge < -0.3 is 10.2 Å². The van der Waals surface area contributed by atoms with Crippen molar-refractivity contribution in [1.29, 1.82) is 0 Å². The number of hydrogen-bond donors (Lipinski definition) is 1. The first kappa shape index (κ1) is 16.0. The van der Waals surface area contributed by atoms with E-state index in [1.807, 2.05) is 26.2 Å². The smallest absolute Gasteiger partial charge is 0.128 e. The van der Waals surface area contributed by atoms with Crippen LogP contribution in [0.2, 0.25) is 0 Å². The van der Waals surface area contributed by atoms with E-state index < -0.39 is 0 Å². The normalized spacial score (nSPS) is 17.0. The van der Waals surface area contributed by atoms with Gasteiger partial charge in [0.1, 0.15) is 5.82 Å². The van der Waals surface area contributed by atoms with Gasteiger partial charge in [-0.15, -0.1) is 0 Å². The maximum Gasteiger partial charge on any atom is 0.128 e. The summed E-state index contributed by atoms with van der Waals surface area (Å²) in [7, 11) is 4.05. The Morgan fingerprint density at radius 1 is 1.00 bits per heavy atom. The summed E-state index contributed by atoms with van der Waals surface area (Å²) >= 11 is 0. The molecule has 1 atom stereocenters. The van der Waals surface area contributed by atoms with E-state index in [0.29, 0.717) is 0 Å². The lowest BCUT2D eigenvalue weighted by atomic mass is 9.95. The minimum atomic E-state index is -0.132. The monoisotopic (exact) mass is 313 g/mol. The molecule has 0 aromatic heterocycles. The minimum Gasteiger partial charge on any atom is -0.378 e. The molecule has 122 valence electrons. The molecule has 0 radical (unpaired) electrons. The van der Waals surface area contributed by atoms with E-state index in [0.717, 1.165) is 43.0 Å². The highest BCUT2D eigenvalue weighted by atomic mass is 19.1. The molecular weight excluding hydrogens is 289 g/mol. The topological polar surface area (TPSA) is 18.5 Å². The van der Waals surface area contributed by atoms with Gasteiger partial charge in [-0.25, -0.2) is 4.39 Å². The first-order valence-corrected chi connectivity index (χ1v) is 8.13. The largest absolute Gasteiger partial charge is 0.378 e. The first-order chi connectivity index (χ1) is 11.2. The molecule has 1 heterocycles. The van der Waals surface area contributed by atoms with Crippen LogP contribution in [0, 0.1) is 5.82 Å². The summed E-state index contributed by atoms with van der Waals surface area (Å²) in [5, 5.41) is 3.37. The molecule has 0 saturated carbocycles. The van der Waals surface area contributed by atoms with Gasteiger partial charge >= 0.3 is 0 Å². The molecule has 1 N–H and O–H groups in total. The molecule has 2 aromatic carbocycles. The van der Waals surface area contributed by atoms with Gasteiger partial charge in [-0.1, -0.05) is 30.3 Å². The molecule has 1 saturated heterocycles. The number of nitrogens with one attached hydrogen (secondary N) is 1. The molecule has 0 bridgehead atoms. The van der Waals surface area contributed by atoms with Crippen LogP contribution >= 0.6 is 0 Å². The van der Waals surface area contributed by atoms with E-state index in [2.05, 4.69) is 39.4 Å². The Balaban J connectivity index is 1.99. The zero-order valence-electron chi connectivity index (χ0n) is 13.8. The second-order valence-corrected chi connectivity index (χ2v) is 6.20. The van der Waals surface area contributed by atoms with Crippen molar-refractivity contribution < 1.29 is 4.39 Å². The highest BCUT2D eigenvalue weighted by molar-refractivity contribution is 5.47. The molecule has 3 rings (SSSR count). The third kappa shape index (κ3) is 3.54. The van der Waals surface area contributed by atoms with Crippen molar-refractivity contribution in [2.45, 2.75) is 6.04 Å². The second-order valence-electron chi connectivity index (χ2n) is 6.20. The molecule has 0 spiro atoms. The zero-order valence-corrected chi connectivity index (χ0v) is 13.8. The van der Waals surface area contributed by atoms with Crippen molar-refractivity contribution in [3.63, 3.8) is 0 Å². The molecule has 2 aromatic rings. The van der Waals surface area contributed by atoms with Gasteiger partial charge in [-0.3, -0.25) is 4.90 Å². The quantitative estimate of drug-likeness (QED) is 0.936. The third-order valence-corrected chi connectivity index (χ3v) is 4.44. The Bertz CT molecular complexity index is 633. The predicted molar refractivity (Wildman–Crippen MR) is 93.5 cm³/mol. The van der Waals surface area contributed by atoms with Gasteiger partial charge in [0, 0.05) is 51.5 Å². The van der Waals surface area contributed by atoms with Gasteiger partial charge in [0.2, 0.25) is 0 Å². The van der Waals surface area contributed by atoms with Gasteiger partial charge in [0.05, 0.1) is 6.04 Å². The number of halogens is 1. The first-order valence-electron chi connectivity index (χ1n) is 8.13. The predicted octanol–water partition coefficient (Wildman–Crippen LogP) is 2.89. The van der Waals surface area contributed by atoms with E-state index in [4.69, 9.17) is 0 Å². The van der Waals surface area contributed by atoms with Crippen molar-refractivity contribution in [1.82, 2.24) is 10.2 Å². The maximum atomic E-state index is 14.4. The van der Waals surface area contributed by atoms with E-state index in [9.17, 15) is 4.39 Å². The molecule has 4 heteroatoms. The number of rotatable bonds is 4. The second kappa shape index (κ2) is 7.11. The number of piperazine rings is 1. The van der Waals surface area contributed by atoms with Crippen LogP contribution in [-0.2, 0) is 0 Å². The molecule has 1 aliphatic heterocycles. The van der Waals surface area contributed by atoms with E-state index in [1.54, 1.807) is 12.1 Å².